The Hall–Kier alpha value is -3.37. The van der Waals surface area contributed by atoms with Gasteiger partial charge in [0.1, 0.15) is 11.6 Å². The molecular weight excluding hydrogens is 380 g/mol. The van der Waals surface area contributed by atoms with Gasteiger partial charge in [-0.15, -0.1) is 0 Å². The third-order valence-electron chi connectivity index (χ3n) is 4.14. The van der Waals surface area contributed by atoms with Crippen molar-refractivity contribution in [1.82, 2.24) is 0 Å². The van der Waals surface area contributed by atoms with E-state index in [0.717, 1.165) is 24.0 Å². The Morgan fingerprint density at radius 1 is 1.25 bits per heavy atom. The van der Waals surface area contributed by atoms with Gasteiger partial charge < -0.3 is 10.6 Å². The average molecular weight is 399 g/mol. The van der Waals surface area contributed by atoms with Gasteiger partial charge in [0, 0.05) is 24.0 Å². The van der Waals surface area contributed by atoms with Crippen molar-refractivity contribution in [3.63, 3.8) is 0 Å². The summed E-state index contributed by atoms with van der Waals surface area (Å²) in [5, 5.41) is 26.0. The Kier molecular flexibility index (Phi) is 7.13. The van der Waals surface area contributed by atoms with Gasteiger partial charge in [0.2, 0.25) is 0 Å². The maximum atomic E-state index is 12.6. The second kappa shape index (κ2) is 9.53. The molecule has 2 N–H and O–H groups in total. The molecule has 28 heavy (non-hydrogen) atoms. The van der Waals surface area contributed by atoms with Crippen molar-refractivity contribution in [3.8, 4) is 6.07 Å². The number of anilines is 2. The molecule has 2 aromatic carbocycles. The molecule has 0 fully saturated rings. The van der Waals surface area contributed by atoms with Crippen molar-refractivity contribution >= 4 is 34.6 Å². The molecule has 7 nitrogen and oxygen atoms in total. The topological polar surface area (TPSA) is 108 Å². The number of nitriles is 1. The first-order valence-corrected chi connectivity index (χ1v) is 9.01. The Morgan fingerprint density at radius 3 is 2.43 bits per heavy atom. The summed E-state index contributed by atoms with van der Waals surface area (Å²) < 4.78 is 0. The van der Waals surface area contributed by atoms with Crippen LogP contribution in [0.4, 0.5) is 17.1 Å². The maximum Gasteiger partial charge on any atom is 0.271 e. The number of para-hydroxylation sites is 1. The molecule has 0 aromatic heterocycles. The first-order chi connectivity index (χ1) is 13.4. The van der Waals surface area contributed by atoms with Gasteiger partial charge in [-0.25, -0.2) is 0 Å². The molecule has 0 aliphatic rings. The van der Waals surface area contributed by atoms with Gasteiger partial charge in [-0.05, 0) is 30.0 Å². The van der Waals surface area contributed by atoms with E-state index >= 15 is 0 Å². The number of benzene rings is 2. The lowest BCUT2D eigenvalue weighted by molar-refractivity contribution is -0.384. The number of hydrogen-bond donors (Lipinski definition) is 2. The van der Waals surface area contributed by atoms with E-state index in [4.69, 9.17) is 11.6 Å². The lowest BCUT2D eigenvalue weighted by Gasteiger charge is -2.14. The summed E-state index contributed by atoms with van der Waals surface area (Å²) in [5.41, 5.74) is 2.52. The maximum absolute atomic E-state index is 12.6. The summed E-state index contributed by atoms with van der Waals surface area (Å²) in [6.45, 7) is 3.97. The molecule has 0 atom stereocenters. The molecule has 1 amide bonds. The summed E-state index contributed by atoms with van der Waals surface area (Å²) in [5.74, 6) is -0.577. The Bertz CT molecular complexity index is 958. The SMILES string of the molecule is CCc1cccc(CC)c1NC(=O)/C(C#N)=C\Nc1cc([N+](=O)[O-])ccc1Cl. The molecule has 0 heterocycles. The molecule has 0 radical (unpaired) electrons. The van der Waals surface area contributed by atoms with Crippen molar-refractivity contribution in [3.05, 3.63) is 74.4 Å². The van der Waals surface area contributed by atoms with E-state index in [1.165, 1.54) is 24.4 Å². The minimum atomic E-state index is -0.577. The van der Waals surface area contributed by atoms with Crippen LogP contribution >= 0.6 is 11.6 Å². The van der Waals surface area contributed by atoms with Gasteiger partial charge in [-0.1, -0.05) is 43.6 Å². The van der Waals surface area contributed by atoms with Crippen LogP contribution in [0.2, 0.25) is 5.02 Å². The zero-order chi connectivity index (χ0) is 20.7. The lowest BCUT2D eigenvalue weighted by atomic mass is 10.0. The van der Waals surface area contributed by atoms with E-state index in [0.29, 0.717) is 5.69 Å². The first kappa shape index (κ1) is 20.9. The number of nitrogens with one attached hydrogen (secondary N) is 2. The Labute approximate surface area is 167 Å². The van der Waals surface area contributed by atoms with Crippen molar-refractivity contribution in [2.75, 3.05) is 10.6 Å². The number of rotatable bonds is 7. The minimum Gasteiger partial charge on any atom is -0.359 e. The fraction of sp³-hybridized carbons (Fsp3) is 0.200. The van der Waals surface area contributed by atoms with Crippen molar-refractivity contribution in [1.29, 1.82) is 5.26 Å². The van der Waals surface area contributed by atoms with Gasteiger partial charge in [-0.2, -0.15) is 5.26 Å². The standard InChI is InChI=1S/C20H19ClN4O3/c1-3-13-6-5-7-14(4-2)19(13)24-20(26)15(11-22)12-23-18-10-16(25(27)28)8-9-17(18)21/h5-10,12,23H,3-4H2,1-2H3,(H,24,26)/b15-12-. The number of aryl methyl sites for hydroxylation is 2. The van der Waals surface area contributed by atoms with Crippen LogP contribution in [-0.2, 0) is 17.6 Å². The predicted molar refractivity (Wildman–Crippen MR) is 109 cm³/mol. The zero-order valence-corrected chi connectivity index (χ0v) is 16.2. The normalized spacial score (nSPS) is 10.9. The van der Waals surface area contributed by atoms with E-state index in [1.807, 2.05) is 38.1 Å². The second-order valence-corrected chi connectivity index (χ2v) is 6.26. The lowest BCUT2D eigenvalue weighted by Crippen LogP contribution is -2.17. The average Bonchev–Trinajstić information content (AvgIpc) is 2.69. The van der Waals surface area contributed by atoms with E-state index in [9.17, 15) is 20.2 Å². The highest BCUT2D eigenvalue weighted by atomic mass is 35.5. The Balaban J connectivity index is 2.27. The fourth-order valence-electron chi connectivity index (χ4n) is 2.62. The van der Waals surface area contributed by atoms with Gasteiger partial charge in [-0.3, -0.25) is 14.9 Å². The molecular formula is C20H19ClN4O3. The smallest absolute Gasteiger partial charge is 0.271 e. The van der Waals surface area contributed by atoms with E-state index < -0.39 is 10.8 Å². The summed E-state index contributed by atoms with van der Waals surface area (Å²) in [6, 6.07) is 11.5. The highest BCUT2D eigenvalue weighted by Crippen LogP contribution is 2.27. The van der Waals surface area contributed by atoms with E-state index in [2.05, 4.69) is 10.6 Å². The second-order valence-electron chi connectivity index (χ2n) is 5.85. The molecule has 0 aliphatic carbocycles. The predicted octanol–water partition coefficient (Wildman–Crippen LogP) is 4.83. The van der Waals surface area contributed by atoms with Crippen molar-refractivity contribution in [2.45, 2.75) is 26.7 Å². The van der Waals surface area contributed by atoms with Crippen molar-refractivity contribution in [2.24, 2.45) is 0 Å². The number of hydrogen-bond acceptors (Lipinski definition) is 5. The van der Waals surface area contributed by atoms with Crippen molar-refractivity contribution < 1.29 is 9.72 Å². The molecule has 0 unspecified atom stereocenters. The number of nitro benzene ring substituents is 1. The van der Waals surface area contributed by atoms with E-state index in [1.54, 1.807) is 0 Å². The van der Waals surface area contributed by atoms with Gasteiger partial charge in [0.05, 0.1) is 15.6 Å². The quantitative estimate of drug-likeness (QED) is 0.300. The van der Waals surface area contributed by atoms with Gasteiger partial charge >= 0.3 is 0 Å². The molecule has 0 aliphatic heterocycles. The highest BCUT2D eigenvalue weighted by molar-refractivity contribution is 6.33. The fourth-order valence-corrected chi connectivity index (χ4v) is 2.79. The van der Waals surface area contributed by atoms with Gasteiger partial charge in [0.15, 0.2) is 0 Å². The van der Waals surface area contributed by atoms with Crippen LogP contribution in [0.25, 0.3) is 0 Å². The minimum absolute atomic E-state index is 0.160. The largest absolute Gasteiger partial charge is 0.359 e. The summed E-state index contributed by atoms with van der Waals surface area (Å²) >= 11 is 6.02. The number of amides is 1. The van der Waals surface area contributed by atoms with Crippen LogP contribution in [0.5, 0.6) is 0 Å². The van der Waals surface area contributed by atoms with E-state index in [-0.39, 0.29) is 22.0 Å². The van der Waals surface area contributed by atoms with Crippen LogP contribution < -0.4 is 10.6 Å². The third-order valence-corrected chi connectivity index (χ3v) is 4.46. The van der Waals surface area contributed by atoms with Crippen LogP contribution in [0.15, 0.2) is 48.2 Å². The molecule has 0 saturated heterocycles. The number of nitro groups is 1. The first-order valence-electron chi connectivity index (χ1n) is 8.64. The summed E-state index contributed by atoms with van der Waals surface area (Å²) in [4.78, 5) is 22.9. The number of halogens is 1. The summed E-state index contributed by atoms with van der Waals surface area (Å²) in [6.07, 6.45) is 2.65. The zero-order valence-electron chi connectivity index (χ0n) is 15.5. The third kappa shape index (κ3) is 4.87. The van der Waals surface area contributed by atoms with Crippen LogP contribution in [0.1, 0.15) is 25.0 Å². The van der Waals surface area contributed by atoms with Crippen LogP contribution in [0, 0.1) is 21.4 Å². The molecule has 2 rings (SSSR count). The number of carbonyl (C=O) groups excluding carboxylic acids is 1. The number of carbonyl (C=O) groups is 1. The summed E-state index contributed by atoms with van der Waals surface area (Å²) in [7, 11) is 0. The molecule has 0 bridgehead atoms. The molecule has 0 spiro atoms. The molecule has 144 valence electrons. The highest BCUT2D eigenvalue weighted by Gasteiger charge is 2.15. The number of nitrogens with zero attached hydrogens (tertiary/aromatic N) is 2. The number of non-ortho nitro benzene ring substituents is 1. The van der Waals surface area contributed by atoms with Crippen LogP contribution in [0.3, 0.4) is 0 Å². The Morgan fingerprint density at radius 2 is 1.89 bits per heavy atom. The van der Waals surface area contributed by atoms with Gasteiger partial charge in [0.25, 0.3) is 11.6 Å². The van der Waals surface area contributed by atoms with Crippen LogP contribution in [-0.4, -0.2) is 10.8 Å². The molecule has 8 heteroatoms. The molecule has 0 saturated carbocycles. The molecule has 2 aromatic rings. The monoisotopic (exact) mass is 398 g/mol.